The van der Waals surface area contributed by atoms with E-state index in [2.05, 4.69) is 94.2 Å². The Labute approximate surface area is 215 Å². The van der Waals surface area contributed by atoms with Gasteiger partial charge in [0.1, 0.15) is 0 Å². The monoisotopic (exact) mass is 507 g/mol. The Kier molecular flexibility index (Phi) is 15.4. The summed E-state index contributed by atoms with van der Waals surface area (Å²) in [4.78, 5) is 0. The molecular formula is C28H61NO4S. The van der Waals surface area contributed by atoms with Crippen LogP contribution in [-0.4, -0.2) is 46.2 Å². The van der Waals surface area contributed by atoms with Crippen LogP contribution in [0.1, 0.15) is 154 Å². The molecule has 0 aromatic rings. The highest BCUT2D eigenvalue weighted by Crippen LogP contribution is 2.50. The number of hydrogen-bond donors (Lipinski definition) is 0. The second-order valence-electron chi connectivity index (χ2n) is 13.8. The topological polar surface area (TPSA) is 66.4 Å². The van der Waals surface area contributed by atoms with Crippen molar-refractivity contribution in [2.24, 2.45) is 0 Å². The molecule has 0 saturated carbocycles. The van der Waals surface area contributed by atoms with E-state index in [4.69, 9.17) is 0 Å². The van der Waals surface area contributed by atoms with Crippen molar-refractivity contribution in [3.05, 3.63) is 0 Å². The molecule has 0 unspecified atom stereocenters. The lowest BCUT2D eigenvalue weighted by molar-refractivity contribution is -1.08. The second-order valence-corrected chi connectivity index (χ2v) is 14.8. The largest absolute Gasteiger partial charge is 0.726 e. The van der Waals surface area contributed by atoms with Crippen LogP contribution in [0.4, 0.5) is 0 Å². The van der Waals surface area contributed by atoms with Gasteiger partial charge in [-0.2, -0.15) is 0 Å². The Morgan fingerprint density at radius 2 is 0.824 bits per heavy atom. The average Bonchev–Trinajstić information content (AvgIpc) is 2.54. The molecule has 0 fully saturated rings. The van der Waals surface area contributed by atoms with Gasteiger partial charge in [-0.3, -0.25) is 4.18 Å². The minimum absolute atomic E-state index is 0.0301. The summed E-state index contributed by atoms with van der Waals surface area (Å²) in [5.74, 6) is 0. The fraction of sp³-hybridized carbons (Fsp3) is 1.00. The molecule has 0 heterocycles. The molecule has 0 aromatic heterocycles. The molecule has 0 aliphatic rings. The number of rotatable bonds is 12. The highest BCUT2D eigenvalue weighted by Gasteiger charge is 2.62. The van der Waals surface area contributed by atoms with Gasteiger partial charge in [0.05, 0.1) is 28.8 Å². The third-order valence-electron chi connectivity index (χ3n) is 6.75. The van der Waals surface area contributed by atoms with E-state index in [9.17, 15) is 13.0 Å². The van der Waals surface area contributed by atoms with E-state index in [-0.39, 0.29) is 28.8 Å². The Morgan fingerprint density at radius 1 is 0.559 bits per heavy atom. The molecule has 0 N–H and O–H groups in total. The van der Waals surface area contributed by atoms with Crippen molar-refractivity contribution < 1.29 is 21.6 Å². The summed E-state index contributed by atoms with van der Waals surface area (Å²) < 4.78 is 35.5. The molecule has 0 radical (unpaired) electrons. The normalized spacial score (nSPS) is 14.1. The van der Waals surface area contributed by atoms with Crippen LogP contribution in [0.15, 0.2) is 0 Å². The summed E-state index contributed by atoms with van der Waals surface area (Å²) in [7, 11) is -4.48. The first kappa shape index (κ1) is 36.0. The summed E-state index contributed by atoms with van der Waals surface area (Å²) >= 11 is 0. The first-order valence-corrected chi connectivity index (χ1v) is 14.9. The van der Waals surface area contributed by atoms with Crippen LogP contribution in [0.25, 0.3) is 0 Å². The first-order valence-electron chi connectivity index (χ1n) is 13.6. The number of hydrogen-bond acceptors (Lipinski definition) is 4. The first-order chi connectivity index (χ1) is 15.1. The van der Waals surface area contributed by atoms with Crippen molar-refractivity contribution in [3.8, 4) is 0 Å². The lowest BCUT2D eigenvalue weighted by Crippen LogP contribution is -2.82. The van der Waals surface area contributed by atoms with Gasteiger partial charge in [-0.25, -0.2) is 8.42 Å². The molecule has 0 rings (SSSR count). The summed E-state index contributed by atoms with van der Waals surface area (Å²) in [6, 6.07) is 0. The maximum Gasteiger partial charge on any atom is 0.217 e. The molecule has 0 amide bonds. The van der Waals surface area contributed by atoms with Crippen LogP contribution in [0.2, 0.25) is 0 Å². The fourth-order valence-electron chi connectivity index (χ4n) is 7.79. The molecule has 6 heteroatoms. The summed E-state index contributed by atoms with van der Waals surface area (Å²) in [5.41, 5.74) is 0.812. The number of nitrogens with zero attached hydrogens (tertiary/aromatic N) is 1. The van der Waals surface area contributed by atoms with E-state index in [0.29, 0.717) is 6.42 Å². The van der Waals surface area contributed by atoms with Gasteiger partial charge in [0.15, 0.2) is 0 Å². The molecule has 0 aliphatic heterocycles. The van der Waals surface area contributed by atoms with Crippen LogP contribution in [0, 0.1) is 0 Å². The lowest BCUT2D eigenvalue weighted by Gasteiger charge is -2.70. The molecule has 34 heavy (non-hydrogen) atoms. The molecule has 0 aliphatic carbocycles. The summed E-state index contributed by atoms with van der Waals surface area (Å²) in [5, 5.41) is 0. The van der Waals surface area contributed by atoms with E-state index < -0.39 is 10.4 Å². The molecule has 0 saturated heterocycles. The molecule has 0 atom stereocenters. The lowest BCUT2D eigenvalue weighted by atomic mass is 9.75. The highest BCUT2D eigenvalue weighted by molar-refractivity contribution is 7.80. The molecule has 208 valence electrons. The van der Waals surface area contributed by atoms with Crippen molar-refractivity contribution in [1.29, 1.82) is 0 Å². The van der Waals surface area contributed by atoms with Crippen LogP contribution >= 0.6 is 0 Å². The van der Waals surface area contributed by atoms with E-state index in [1.54, 1.807) is 0 Å². The van der Waals surface area contributed by atoms with Crippen LogP contribution < -0.4 is 0 Å². The van der Waals surface area contributed by atoms with Gasteiger partial charge in [0.25, 0.3) is 0 Å². The zero-order valence-corrected chi connectivity index (χ0v) is 26.1. The standard InChI is InChI=1S/C16H36N.C12H26O4S/c1-13(2,3)17(14(4,5)6,15(7,8)9)16(10,11)12;1-2-3-4-5-6-7-8-9-10-11-12-16-17(13,14)15/h1-12H3;2-12H2,1H3,(H,13,14,15)/q+1;/p-1. The fourth-order valence-corrected chi connectivity index (χ4v) is 8.11. The maximum absolute atomic E-state index is 10.1. The minimum Gasteiger partial charge on any atom is -0.726 e. The van der Waals surface area contributed by atoms with Crippen molar-refractivity contribution >= 4 is 10.4 Å². The Hall–Kier alpha value is -0.170. The molecule has 0 spiro atoms. The van der Waals surface area contributed by atoms with E-state index in [1.807, 2.05) is 0 Å². The molecular weight excluding hydrogens is 446 g/mol. The Morgan fingerprint density at radius 3 is 1.03 bits per heavy atom. The van der Waals surface area contributed by atoms with Crippen LogP contribution in [0.3, 0.4) is 0 Å². The zero-order valence-electron chi connectivity index (χ0n) is 25.3. The third-order valence-corrected chi connectivity index (χ3v) is 7.21. The highest BCUT2D eigenvalue weighted by atomic mass is 32.3. The van der Waals surface area contributed by atoms with Gasteiger partial charge in [0, 0.05) is 0 Å². The number of quaternary nitrogens is 1. The molecule has 0 aromatic carbocycles. The maximum atomic E-state index is 10.1. The smallest absolute Gasteiger partial charge is 0.217 e. The predicted octanol–water partition coefficient (Wildman–Crippen LogP) is 8.38. The van der Waals surface area contributed by atoms with E-state index in [1.165, 1.54) is 44.9 Å². The molecule has 5 nitrogen and oxygen atoms in total. The summed E-state index contributed by atoms with van der Waals surface area (Å²) in [6.07, 6.45) is 11.7. The van der Waals surface area contributed by atoms with Crippen molar-refractivity contribution in [2.75, 3.05) is 6.61 Å². The number of unbranched alkanes of at least 4 members (excludes halogenated alkanes) is 9. The third kappa shape index (κ3) is 12.2. The van der Waals surface area contributed by atoms with Crippen molar-refractivity contribution in [1.82, 2.24) is 0 Å². The van der Waals surface area contributed by atoms with Gasteiger partial charge in [-0.1, -0.05) is 64.7 Å². The zero-order chi connectivity index (χ0) is 27.5. The predicted molar refractivity (Wildman–Crippen MR) is 147 cm³/mol. The van der Waals surface area contributed by atoms with Gasteiger partial charge < -0.3 is 9.04 Å². The van der Waals surface area contributed by atoms with Gasteiger partial charge in [-0.15, -0.1) is 0 Å². The van der Waals surface area contributed by atoms with Crippen molar-refractivity contribution in [2.45, 2.75) is 176 Å². The van der Waals surface area contributed by atoms with Gasteiger partial charge in [-0.05, 0) is 89.5 Å². The molecule has 0 bridgehead atoms. The van der Waals surface area contributed by atoms with E-state index >= 15 is 0 Å². The van der Waals surface area contributed by atoms with Crippen molar-refractivity contribution in [3.63, 3.8) is 0 Å². The minimum atomic E-state index is -4.48. The second kappa shape index (κ2) is 14.5. The Balaban J connectivity index is 0. The van der Waals surface area contributed by atoms with Gasteiger partial charge in [0.2, 0.25) is 10.4 Å². The Bertz CT molecular complexity index is 568. The van der Waals surface area contributed by atoms with Crippen LogP contribution in [-0.2, 0) is 14.6 Å². The average molecular weight is 508 g/mol. The quantitative estimate of drug-likeness (QED) is 0.115. The van der Waals surface area contributed by atoms with E-state index in [0.717, 1.165) is 17.3 Å². The SMILES string of the molecule is CC(C)(C)[N+](C(C)(C)C)(C(C)(C)C)C(C)(C)C.CCCCCCCCCCCCOS(=O)(=O)[O-]. The van der Waals surface area contributed by atoms with Crippen LogP contribution in [0.5, 0.6) is 0 Å². The summed E-state index contributed by atoms with van der Waals surface area (Å²) in [6.45, 7) is 30.8. The van der Waals surface area contributed by atoms with Gasteiger partial charge >= 0.3 is 0 Å².